The van der Waals surface area contributed by atoms with Gasteiger partial charge in [0.15, 0.2) is 0 Å². The summed E-state index contributed by atoms with van der Waals surface area (Å²) in [5.41, 5.74) is 0. The summed E-state index contributed by atoms with van der Waals surface area (Å²) in [5.74, 6) is 1.04. The van der Waals surface area contributed by atoms with Crippen molar-refractivity contribution in [3.05, 3.63) is 0 Å². The zero-order valence-corrected chi connectivity index (χ0v) is 16.3. The first-order valence-electron chi connectivity index (χ1n) is 10.8. The van der Waals surface area contributed by atoms with E-state index in [9.17, 15) is 0 Å². The Hall–Kier alpha value is 0. The van der Waals surface area contributed by atoms with E-state index < -0.39 is 0 Å². The van der Waals surface area contributed by atoms with Gasteiger partial charge in [0, 0.05) is 0 Å². The molecule has 0 aromatic heterocycles. The van der Waals surface area contributed by atoms with Crippen LogP contribution in [0.3, 0.4) is 0 Å². The third kappa shape index (κ3) is 16.4. The fourth-order valence-corrected chi connectivity index (χ4v) is 3.54. The second-order valence-corrected chi connectivity index (χ2v) is 7.47. The third-order valence-electron chi connectivity index (χ3n) is 5.15. The van der Waals surface area contributed by atoms with Gasteiger partial charge in [0.25, 0.3) is 0 Å². The van der Waals surface area contributed by atoms with Crippen molar-refractivity contribution in [2.75, 3.05) is 0 Å². The van der Waals surface area contributed by atoms with Crippen LogP contribution in [0.25, 0.3) is 0 Å². The minimum absolute atomic E-state index is 1.04. The van der Waals surface area contributed by atoms with Crippen LogP contribution in [0.1, 0.15) is 136 Å². The Morgan fingerprint density at radius 2 is 0.636 bits per heavy atom. The van der Waals surface area contributed by atoms with Crippen LogP contribution < -0.4 is 0 Å². The van der Waals surface area contributed by atoms with Gasteiger partial charge in [0.1, 0.15) is 0 Å². The number of hydrogen-bond acceptors (Lipinski definition) is 0. The molecule has 0 heterocycles. The van der Waals surface area contributed by atoms with Crippen molar-refractivity contribution in [3.63, 3.8) is 0 Å². The van der Waals surface area contributed by atoms with Crippen molar-refractivity contribution in [2.45, 2.75) is 136 Å². The molecular weight excluding hydrogens is 264 g/mol. The lowest BCUT2D eigenvalue weighted by Gasteiger charge is -2.16. The van der Waals surface area contributed by atoms with Gasteiger partial charge in [-0.25, -0.2) is 0 Å². The van der Waals surface area contributed by atoms with Crippen LogP contribution in [0.15, 0.2) is 0 Å². The Labute approximate surface area is 142 Å². The molecule has 0 spiro atoms. The maximum absolute atomic E-state index is 2.33. The van der Waals surface area contributed by atoms with Gasteiger partial charge in [-0.15, -0.1) is 0 Å². The second kappa shape index (κ2) is 19.0. The smallest absolute Gasteiger partial charge is 0.0414 e. The first kappa shape index (κ1) is 22.0. The Morgan fingerprint density at radius 1 is 0.364 bits per heavy atom. The minimum Gasteiger partial charge on any atom is -0.0654 e. The number of hydrogen-bond donors (Lipinski definition) is 0. The monoisotopic (exact) mass is 310 g/mol. The van der Waals surface area contributed by atoms with E-state index in [1.165, 1.54) is 116 Å². The molecule has 0 aliphatic heterocycles. The molecule has 0 aliphatic rings. The summed E-state index contributed by atoms with van der Waals surface area (Å²) in [4.78, 5) is 0. The molecule has 0 radical (unpaired) electrons. The highest BCUT2D eigenvalue weighted by Gasteiger charge is 2.08. The summed E-state index contributed by atoms with van der Waals surface area (Å²) in [6, 6.07) is 0. The standard InChI is InChI=1S/C22H46/c1-4-7-10-12-13-14-15-18-21-22(19-16-9-6-3)20-17-11-8-5-2/h22H,4-21H2,1-3H3. The van der Waals surface area contributed by atoms with E-state index >= 15 is 0 Å². The predicted octanol–water partition coefficient (Wildman–Crippen LogP) is 8.68. The van der Waals surface area contributed by atoms with E-state index in [0.29, 0.717) is 0 Å². The Morgan fingerprint density at radius 3 is 1.09 bits per heavy atom. The quantitative estimate of drug-likeness (QED) is 0.222. The summed E-state index contributed by atoms with van der Waals surface area (Å²) >= 11 is 0. The topological polar surface area (TPSA) is 0 Å². The largest absolute Gasteiger partial charge is 0.0654 e. The van der Waals surface area contributed by atoms with Gasteiger partial charge in [-0.3, -0.25) is 0 Å². The maximum atomic E-state index is 2.33. The SMILES string of the molecule is CCCCCCCCCCC(CCCCC)CCCCCC. The van der Waals surface area contributed by atoms with E-state index in [1.807, 2.05) is 0 Å². The first-order valence-corrected chi connectivity index (χ1v) is 10.8. The van der Waals surface area contributed by atoms with Gasteiger partial charge in [-0.05, 0) is 5.92 Å². The molecule has 1 unspecified atom stereocenters. The average Bonchev–Trinajstić information content (AvgIpc) is 2.53. The molecule has 0 aromatic carbocycles. The maximum Gasteiger partial charge on any atom is -0.0414 e. The molecular formula is C22H46. The Balaban J connectivity index is 3.58. The molecule has 0 saturated heterocycles. The zero-order valence-electron chi connectivity index (χ0n) is 16.3. The van der Waals surface area contributed by atoms with E-state index in [1.54, 1.807) is 0 Å². The molecule has 0 rings (SSSR count). The highest BCUT2D eigenvalue weighted by atomic mass is 14.1. The Kier molecular flexibility index (Phi) is 19.0. The Bertz CT molecular complexity index is 184. The van der Waals surface area contributed by atoms with Crippen LogP contribution in [-0.2, 0) is 0 Å². The van der Waals surface area contributed by atoms with E-state index in [2.05, 4.69) is 20.8 Å². The van der Waals surface area contributed by atoms with Gasteiger partial charge in [0.2, 0.25) is 0 Å². The van der Waals surface area contributed by atoms with Crippen molar-refractivity contribution in [3.8, 4) is 0 Å². The van der Waals surface area contributed by atoms with Crippen LogP contribution in [-0.4, -0.2) is 0 Å². The minimum atomic E-state index is 1.04. The molecule has 0 heteroatoms. The van der Waals surface area contributed by atoms with Crippen LogP contribution >= 0.6 is 0 Å². The van der Waals surface area contributed by atoms with E-state index in [0.717, 1.165) is 5.92 Å². The molecule has 22 heavy (non-hydrogen) atoms. The van der Waals surface area contributed by atoms with Gasteiger partial charge in [0.05, 0.1) is 0 Å². The fraction of sp³-hybridized carbons (Fsp3) is 1.00. The lowest BCUT2D eigenvalue weighted by molar-refractivity contribution is 0.368. The lowest BCUT2D eigenvalue weighted by atomic mass is 9.90. The molecule has 0 aromatic rings. The van der Waals surface area contributed by atoms with Gasteiger partial charge in [-0.1, -0.05) is 136 Å². The summed E-state index contributed by atoms with van der Waals surface area (Å²) in [7, 11) is 0. The highest BCUT2D eigenvalue weighted by molar-refractivity contribution is 4.61. The lowest BCUT2D eigenvalue weighted by Crippen LogP contribution is -2.01. The third-order valence-corrected chi connectivity index (χ3v) is 5.15. The van der Waals surface area contributed by atoms with Crippen LogP contribution in [0, 0.1) is 5.92 Å². The normalized spacial score (nSPS) is 12.7. The predicted molar refractivity (Wildman–Crippen MR) is 104 cm³/mol. The molecule has 0 saturated carbocycles. The fourth-order valence-electron chi connectivity index (χ4n) is 3.54. The van der Waals surface area contributed by atoms with Gasteiger partial charge >= 0.3 is 0 Å². The molecule has 0 amide bonds. The highest BCUT2D eigenvalue weighted by Crippen LogP contribution is 2.24. The molecule has 1 atom stereocenters. The van der Waals surface area contributed by atoms with Crippen molar-refractivity contribution in [1.82, 2.24) is 0 Å². The molecule has 0 N–H and O–H groups in total. The van der Waals surface area contributed by atoms with Crippen molar-refractivity contribution < 1.29 is 0 Å². The summed E-state index contributed by atoms with van der Waals surface area (Å²) in [6.45, 7) is 6.95. The van der Waals surface area contributed by atoms with Crippen molar-refractivity contribution in [2.24, 2.45) is 5.92 Å². The van der Waals surface area contributed by atoms with Gasteiger partial charge in [-0.2, -0.15) is 0 Å². The number of unbranched alkanes of at least 4 members (excludes halogenated alkanes) is 12. The van der Waals surface area contributed by atoms with Crippen LogP contribution in [0.2, 0.25) is 0 Å². The average molecular weight is 311 g/mol. The molecule has 0 aliphatic carbocycles. The van der Waals surface area contributed by atoms with Crippen molar-refractivity contribution in [1.29, 1.82) is 0 Å². The van der Waals surface area contributed by atoms with E-state index in [4.69, 9.17) is 0 Å². The summed E-state index contributed by atoms with van der Waals surface area (Å²) in [6.07, 6.45) is 26.3. The van der Waals surface area contributed by atoms with Gasteiger partial charge < -0.3 is 0 Å². The van der Waals surface area contributed by atoms with Crippen molar-refractivity contribution >= 4 is 0 Å². The zero-order chi connectivity index (χ0) is 16.3. The number of rotatable bonds is 18. The molecule has 0 bridgehead atoms. The van der Waals surface area contributed by atoms with Crippen LogP contribution in [0.5, 0.6) is 0 Å². The molecule has 0 nitrogen and oxygen atoms in total. The molecule has 134 valence electrons. The van der Waals surface area contributed by atoms with Crippen LogP contribution in [0.4, 0.5) is 0 Å². The first-order chi connectivity index (χ1) is 10.8. The molecule has 0 fully saturated rings. The second-order valence-electron chi connectivity index (χ2n) is 7.47. The summed E-state index contributed by atoms with van der Waals surface area (Å²) < 4.78 is 0. The summed E-state index contributed by atoms with van der Waals surface area (Å²) in [5, 5.41) is 0. The van der Waals surface area contributed by atoms with E-state index in [-0.39, 0.29) is 0 Å².